The lowest BCUT2D eigenvalue weighted by molar-refractivity contribution is 0.496. The molecular formula is C40H29N3O2S. The fourth-order valence-corrected chi connectivity index (χ4v) is 10.1. The van der Waals surface area contributed by atoms with E-state index in [4.69, 9.17) is 0 Å². The summed E-state index contributed by atoms with van der Waals surface area (Å²) in [6, 6.07) is 39.5. The van der Waals surface area contributed by atoms with Gasteiger partial charge in [-0.3, -0.25) is 0 Å². The van der Waals surface area contributed by atoms with Gasteiger partial charge < -0.3 is 9.13 Å². The molecule has 6 heteroatoms. The second-order valence-electron chi connectivity index (χ2n) is 12.9. The first-order valence-corrected chi connectivity index (χ1v) is 17.3. The summed E-state index contributed by atoms with van der Waals surface area (Å²) in [6.45, 7) is 2.10. The van der Waals surface area contributed by atoms with Gasteiger partial charge in [-0.05, 0) is 77.7 Å². The van der Waals surface area contributed by atoms with Crippen molar-refractivity contribution in [3.05, 3.63) is 138 Å². The molecule has 3 heterocycles. The van der Waals surface area contributed by atoms with E-state index in [9.17, 15) is 13.7 Å². The van der Waals surface area contributed by atoms with Gasteiger partial charge in [0.05, 0.1) is 45.2 Å². The van der Waals surface area contributed by atoms with E-state index in [-0.39, 0.29) is 11.5 Å². The monoisotopic (exact) mass is 615 g/mol. The molecule has 46 heavy (non-hydrogen) atoms. The van der Waals surface area contributed by atoms with Crippen molar-refractivity contribution in [2.24, 2.45) is 5.41 Å². The van der Waals surface area contributed by atoms with E-state index < -0.39 is 15.3 Å². The molecule has 1 aliphatic heterocycles. The lowest BCUT2D eigenvalue weighted by atomic mass is 9.73. The molecule has 0 spiro atoms. The first-order chi connectivity index (χ1) is 22.3. The van der Waals surface area contributed by atoms with Gasteiger partial charge in [0.15, 0.2) is 9.84 Å². The molecule has 2 aromatic heterocycles. The molecule has 2 aliphatic rings. The standard InChI is InChI=1S/C40H29N3O2S/c1-40-22-29(43-38-13-7-4-10-32(38)34-20-26(23-41)14-19-39(34)43)17-18-35(40)33-21-28(16-15-27(33)24-46(44,45)25-40)42-36-11-5-2-8-30(36)31-9-3-6-12-37(31)42/h2-21H,22,24-25H2,1H3. The normalized spacial score (nSPS) is 19.0. The molecule has 5 nitrogen and oxygen atoms in total. The van der Waals surface area contributed by atoms with Crippen molar-refractivity contribution in [2.75, 3.05) is 5.75 Å². The van der Waals surface area contributed by atoms with E-state index in [1.54, 1.807) is 0 Å². The van der Waals surface area contributed by atoms with Crippen molar-refractivity contribution in [1.82, 2.24) is 9.13 Å². The molecule has 1 unspecified atom stereocenters. The van der Waals surface area contributed by atoms with Crippen LogP contribution < -0.4 is 0 Å². The molecule has 0 amide bonds. The molecule has 9 rings (SSSR count). The molecule has 0 saturated carbocycles. The second-order valence-corrected chi connectivity index (χ2v) is 15.0. The average Bonchev–Trinajstić information content (AvgIpc) is 3.54. The van der Waals surface area contributed by atoms with Gasteiger partial charge in [-0.2, -0.15) is 5.26 Å². The van der Waals surface area contributed by atoms with Gasteiger partial charge in [0.2, 0.25) is 0 Å². The molecule has 0 bridgehead atoms. The molecule has 0 saturated heterocycles. The summed E-state index contributed by atoms with van der Waals surface area (Å²) < 4.78 is 32.1. The van der Waals surface area contributed by atoms with Crippen molar-refractivity contribution in [3.63, 3.8) is 0 Å². The number of rotatable bonds is 2. The minimum Gasteiger partial charge on any atom is -0.313 e. The van der Waals surface area contributed by atoms with Crippen LogP contribution in [0.2, 0.25) is 0 Å². The van der Waals surface area contributed by atoms with Gasteiger partial charge in [0, 0.05) is 38.3 Å². The number of aromatic nitrogens is 2. The van der Waals surface area contributed by atoms with E-state index >= 15 is 0 Å². The van der Waals surface area contributed by atoms with E-state index in [0.29, 0.717) is 12.0 Å². The maximum Gasteiger partial charge on any atom is 0.155 e. The Morgan fingerprint density at radius 3 is 1.98 bits per heavy atom. The maximum absolute atomic E-state index is 13.8. The Labute approximate surface area is 266 Å². The summed E-state index contributed by atoms with van der Waals surface area (Å²) in [5, 5.41) is 14.1. The van der Waals surface area contributed by atoms with Crippen LogP contribution in [0.4, 0.5) is 0 Å². The van der Waals surface area contributed by atoms with Crippen LogP contribution in [0.1, 0.15) is 30.0 Å². The lowest BCUT2D eigenvalue weighted by Crippen LogP contribution is -2.29. The quantitative estimate of drug-likeness (QED) is 0.195. The predicted molar refractivity (Wildman–Crippen MR) is 187 cm³/mol. The predicted octanol–water partition coefficient (Wildman–Crippen LogP) is 9.03. The SMILES string of the molecule is CC12CC(n3c4ccccc4c4cc(C#N)ccc43)=CC=C1c1cc(-n3c4ccccc4c4ccccc43)ccc1CS(=O)(=O)C2. The minimum atomic E-state index is -3.40. The van der Waals surface area contributed by atoms with E-state index in [1.807, 2.05) is 36.4 Å². The Kier molecular flexibility index (Phi) is 5.61. The summed E-state index contributed by atoms with van der Waals surface area (Å²) in [7, 11) is -3.40. The minimum absolute atomic E-state index is 0.0182. The van der Waals surface area contributed by atoms with Crippen LogP contribution in [-0.4, -0.2) is 23.3 Å². The highest BCUT2D eigenvalue weighted by Crippen LogP contribution is 2.50. The molecule has 0 N–H and O–H groups in total. The smallest absolute Gasteiger partial charge is 0.155 e. The van der Waals surface area contributed by atoms with Crippen molar-refractivity contribution < 1.29 is 8.42 Å². The molecule has 1 atom stereocenters. The summed E-state index contributed by atoms with van der Waals surface area (Å²) in [6.07, 6.45) is 4.87. The Morgan fingerprint density at radius 1 is 0.696 bits per heavy atom. The number of hydrogen-bond donors (Lipinski definition) is 0. The third kappa shape index (κ3) is 3.88. The number of nitrogens with zero attached hydrogens (tertiary/aromatic N) is 3. The Hall–Kier alpha value is -5.38. The molecule has 1 aliphatic carbocycles. The summed E-state index contributed by atoms with van der Waals surface area (Å²) >= 11 is 0. The van der Waals surface area contributed by atoms with Gasteiger partial charge >= 0.3 is 0 Å². The number of para-hydroxylation sites is 3. The number of fused-ring (bicyclic) bond motifs is 9. The van der Waals surface area contributed by atoms with Crippen LogP contribution in [0, 0.1) is 16.7 Å². The Morgan fingerprint density at radius 2 is 1.30 bits per heavy atom. The number of sulfone groups is 1. The fourth-order valence-electron chi connectivity index (χ4n) is 8.04. The molecule has 0 radical (unpaired) electrons. The zero-order valence-electron chi connectivity index (χ0n) is 25.2. The van der Waals surface area contributed by atoms with Gasteiger partial charge in [0.1, 0.15) is 0 Å². The second kappa shape index (κ2) is 9.56. The molecule has 222 valence electrons. The van der Waals surface area contributed by atoms with Gasteiger partial charge in [0.25, 0.3) is 0 Å². The number of benzene rings is 5. The summed E-state index contributed by atoms with van der Waals surface area (Å²) in [4.78, 5) is 0. The maximum atomic E-state index is 13.8. The highest BCUT2D eigenvalue weighted by Gasteiger charge is 2.42. The largest absolute Gasteiger partial charge is 0.313 e. The van der Waals surface area contributed by atoms with Crippen LogP contribution in [0.15, 0.2) is 121 Å². The van der Waals surface area contributed by atoms with Crippen LogP contribution >= 0.6 is 0 Å². The van der Waals surface area contributed by atoms with Crippen LogP contribution in [0.3, 0.4) is 0 Å². The summed E-state index contributed by atoms with van der Waals surface area (Å²) in [5.74, 6) is 0.0860. The lowest BCUT2D eigenvalue weighted by Gasteiger charge is -2.35. The van der Waals surface area contributed by atoms with Gasteiger partial charge in [-0.1, -0.05) is 73.7 Å². The molecular weight excluding hydrogens is 587 g/mol. The Balaban J connectivity index is 1.27. The van der Waals surface area contributed by atoms with Crippen LogP contribution in [-0.2, 0) is 15.6 Å². The topological polar surface area (TPSA) is 67.8 Å². The van der Waals surface area contributed by atoms with E-state index in [2.05, 4.69) is 107 Å². The van der Waals surface area contributed by atoms with Crippen molar-refractivity contribution >= 4 is 64.7 Å². The average molecular weight is 616 g/mol. The number of nitriles is 1. The van der Waals surface area contributed by atoms with E-state index in [0.717, 1.165) is 60.9 Å². The number of hydrogen-bond acceptors (Lipinski definition) is 3. The highest BCUT2D eigenvalue weighted by molar-refractivity contribution is 7.90. The van der Waals surface area contributed by atoms with E-state index in [1.165, 1.54) is 10.8 Å². The zero-order valence-corrected chi connectivity index (χ0v) is 26.1. The van der Waals surface area contributed by atoms with Gasteiger partial charge in [-0.25, -0.2) is 8.42 Å². The van der Waals surface area contributed by atoms with Crippen LogP contribution in [0.5, 0.6) is 0 Å². The third-order valence-electron chi connectivity index (χ3n) is 9.89. The number of allylic oxidation sites excluding steroid dienone is 4. The van der Waals surface area contributed by atoms with Crippen molar-refractivity contribution in [2.45, 2.75) is 19.1 Å². The van der Waals surface area contributed by atoms with Crippen LogP contribution in [0.25, 0.3) is 60.6 Å². The molecule has 7 aromatic rings. The first kappa shape index (κ1) is 27.0. The molecule has 0 fully saturated rings. The first-order valence-electron chi connectivity index (χ1n) is 15.5. The fraction of sp³-hybridized carbons (Fsp3) is 0.125. The Bertz CT molecular complexity index is 2610. The van der Waals surface area contributed by atoms with Gasteiger partial charge in [-0.15, -0.1) is 0 Å². The zero-order chi connectivity index (χ0) is 31.2. The summed E-state index contributed by atoms with van der Waals surface area (Å²) in [5.41, 5.74) is 9.24. The molecule has 5 aromatic carbocycles. The van der Waals surface area contributed by atoms with Crippen molar-refractivity contribution in [3.8, 4) is 11.8 Å². The highest BCUT2D eigenvalue weighted by atomic mass is 32.2. The third-order valence-corrected chi connectivity index (χ3v) is 11.7. The van der Waals surface area contributed by atoms with Crippen molar-refractivity contribution in [1.29, 1.82) is 5.26 Å².